The molecule has 3 aromatic rings. The Balaban J connectivity index is 1.96. The van der Waals surface area contributed by atoms with E-state index in [4.69, 9.17) is 14.2 Å². The number of carbonyl (C=O) groups is 4. The summed E-state index contributed by atoms with van der Waals surface area (Å²) in [5.74, 6) is -2.18. The summed E-state index contributed by atoms with van der Waals surface area (Å²) in [6.45, 7) is 5.17. The molecule has 1 aromatic heterocycles. The van der Waals surface area contributed by atoms with Crippen LogP contribution in [0.5, 0.6) is 11.5 Å². The number of ketones is 1. The van der Waals surface area contributed by atoms with Gasteiger partial charge in [-0.2, -0.15) is 5.10 Å². The molecule has 12 nitrogen and oxygen atoms in total. The van der Waals surface area contributed by atoms with E-state index in [2.05, 4.69) is 20.5 Å². The zero-order valence-corrected chi connectivity index (χ0v) is 24.9. The van der Waals surface area contributed by atoms with Gasteiger partial charge >= 0.3 is 12.1 Å². The molecular formula is C30H35FN4O8. The van der Waals surface area contributed by atoms with Crippen LogP contribution < -0.4 is 20.1 Å². The van der Waals surface area contributed by atoms with Gasteiger partial charge in [-0.15, -0.1) is 0 Å². The maximum atomic E-state index is 13.7. The summed E-state index contributed by atoms with van der Waals surface area (Å²) < 4.78 is 36.0. The van der Waals surface area contributed by atoms with Crippen molar-refractivity contribution in [2.24, 2.45) is 0 Å². The first-order chi connectivity index (χ1) is 20.4. The number of amides is 2. The lowest BCUT2D eigenvalue weighted by Crippen LogP contribution is -2.41. The summed E-state index contributed by atoms with van der Waals surface area (Å²) in [5, 5.41) is 9.76. The number of Topliss-reactive ketones (excluding diaryl/α,β-unsaturated/α-hetero) is 1. The number of ether oxygens (including phenoxy) is 4. The Kier molecular flexibility index (Phi) is 10.8. The normalized spacial score (nSPS) is 11.7. The van der Waals surface area contributed by atoms with E-state index in [-0.39, 0.29) is 25.1 Å². The molecule has 0 spiro atoms. The number of carbonyl (C=O) groups excluding carboxylic acids is 4. The van der Waals surface area contributed by atoms with Crippen LogP contribution in [-0.4, -0.2) is 73.1 Å². The fraction of sp³-hybridized carbons (Fsp3) is 0.367. The number of benzene rings is 2. The highest BCUT2D eigenvalue weighted by atomic mass is 19.1. The predicted octanol–water partition coefficient (Wildman–Crippen LogP) is 3.84. The van der Waals surface area contributed by atoms with Crippen molar-refractivity contribution in [3.05, 3.63) is 60.0 Å². The maximum absolute atomic E-state index is 13.7. The van der Waals surface area contributed by atoms with Gasteiger partial charge in [0.25, 0.3) is 5.91 Å². The van der Waals surface area contributed by atoms with Crippen LogP contribution in [0.3, 0.4) is 0 Å². The van der Waals surface area contributed by atoms with Crippen LogP contribution in [0.1, 0.15) is 44.1 Å². The Morgan fingerprint density at radius 2 is 1.60 bits per heavy atom. The minimum absolute atomic E-state index is 0.0298. The van der Waals surface area contributed by atoms with Gasteiger partial charge in [0.05, 0.1) is 38.3 Å². The summed E-state index contributed by atoms with van der Waals surface area (Å²) in [4.78, 5) is 49.8. The summed E-state index contributed by atoms with van der Waals surface area (Å²) in [6, 6.07) is 11.3. The molecule has 0 bridgehead atoms. The van der Waals surface area contributed by atoms with E-state index in [9.17, 15) is 23.6 Å². The van der Waals surface area contributed by atoms with E-state index in [0.717, 1.165) is 7.11 Å². The van der Waals surface area contributed by atoms with Crippen molar-refractivity contribution in [3.63, 3.8) is 0 Å². The van der Waals surface area contributed by atoms with Gasteiger partial charge in [0.1, 0.15) is 22.9 Å². The molecule has 2 aromatic carbocycles. The Morgan fingerprint density at radius 3 is 2.16 bits per heavy atom. The average Bonchev–Trinajstić information content (AvgIpc) is 3.40. The van der Waals surface area contributed by atoms with Crippen LogP contribution in [0.15, 0.2) is 48.5 Å². The third-order valence-corrected chi connectivity index (χ3v) is 6.04. The zero-order valence-electron chi connectivity index (χ0n) is 24.9. The number of methoxy groups -OCH3 is 3. The molecule has 1 atom stereocenters. The first-order valence-electron chi connectivity index (χ1n) is 13.3. The molecule has 0 saturated heterocycles. The SMILES string of the molecule is COC(=O)C(=O)C[C@@H](CCNC(=O)OC(C)(C)C)NC(=O)c1cc(-c2c(OC)cccc2OC)n(-c2ccc(F)cc2)n1. The molecule has 0 radical (unpaired) electrons. The van der Waals surface area contributed by atoms with Crippen molar-refractivity contribution >= 4 is 23.8 Å². The molecule has 0 aliphatic rings. The first kappa shape index (κ1) is 32.6. The molecular weight excluding hydrogens is 563 g/mol. The topological polar surface area (TPSA) is 147 Å². The lowest BCUT2D eigenvalue weighted by molar-refractivity contribution is -0.151. The van der Waals surface area contributed by atoms with Crippen LogP contribution in [0.4, 0.5) is 9.18 Å². The lowest BCUT2D eigenvalue weighted by atomic mass is 10.1. The first-order valence-corrected chi connectivity index (χ1v) is 13.3. The van der Waals surface area contributed by atoms with Crippen LogP contribution in [0, 0.1) is 5.82 Å². The second kappa shape index (κ2) is 14.3. The second-order valence-electron chi connectivity index (χ2n) is 10.3. The van der Waals surface area contributed by atoms with Gasteiger partial charge in [-0.05, 0) is 69.7 Å². The largest absolute Gasteiger partial charge is 0.496 e. The van der Waals surface area contributed by atoms with Crippen molar-refractivity contribution < 1.29 is 42.5 Å². The zero-order chi connectivity index (χ0) is 31.7. The molecule has 0 fully saturated rings. The van der Waals surface area contributed by atoms with E-state index in [1.54, 1.807) is 39.0 Å². The Labute approximate surface area is 248 Å². The standard InChI is InChI=1S/C30H35FN4O8/c1-30(2,3)43-29(39)32-15-14-19(16-23(36)28(38)42-6)33-27(37)21-17-22(26-24(40-4)8-7-9-25(26)41-5)35(34-21)20-12-10-18(31)11-13-20/h7-13,17,19H,14-16H2,1-6H3,(H,32,39)(H,33,37)/t19-/m1/s1. The molecule has 0 aliphatic carbocycles. The fourth-order valence-electron chi connectivity index (χ4n) is 4.12. The fourth-order valence-corrected chi connectivity index (χ4v) is 4.12. The van der Waals surface area contributed by atoms with E-state index in [0.29, 0.717) is 28.4 Å². The summed E-state index contributed by atoms with van der Waals surface area (Å²) >= 11 is 0. The number of aromatic nitrogens is 2. The van der Waals surface area contributed by atoms with E-state index in [1.165, 1.54) is 49.2 Å². The molecule has 43 heavy (non-hydrogen) atoms. The molecule has 3 rings (SSSR count). The number of hydrogen-bond acceptors (Lipinski definition) is 9. The molecule has 0 aliphatic heterocycles. The monoisotopic (exact) mass is 598 g/mol. The van der Waals surface area contributed by atoms with E-state index >= 15 is 0 Å². The van der Waals surface area contributed by atoms with Gasteiger partial charge in [0, 0.05) is 19.0 Å². The van der Waals surface area contributed by atoms with E-state index in [1.807, 2.05) is 0 Å². The van der Waals surface area contributed by atoms with Gasteiger partial charge in [-0.25, -0.2) is 18.7 Å². The van der Waals surface area contributed by atoms with Crippen LogP contribution in [0.25, 0.3) is 16.9 Å². The van der Waals surface area contributed by atoms with Gasteiger partial charge in [0.15, 0.2) is 5.69 Å². The van der Waals surface area contributed by atoms with Gasteiger partial charge < -0.3 is 29.6 Å². The number of alkyl carbamates (subject to hydrolysis) is 1. The number of hydrogen-bond donors (Lipinski definition) is 2. The van der Waals surface area contributed by atoms with Crippen molar-refractivity contribution in [1.29, 1.82) is 0 Å². The van der Waals surface area contributed by atoms with Gasteiger partial charge in [0.2, 0.25) is 5.78 Å². The third kappa shape index (κ3) is 8.77. The van der Waals surface area contributed by atoms with Crippen molar-refractivity contribution in [3.8, 4) is 28.4 Å². The molecule has 2 amide bonds. The summed E-state index contributed by atoms with van der Waals surface area (Å²) in [6.07, 6.45) is -0.981. The number of rotatable bonds is 12. The minimum atomic E-state index is -1.06. The smallest absolute Gasteiger partial charge is 0.407 e. The Morgan fingerprint density at radius 1 is 0.977 bits per heavy atom. The molecule has 2 N–H and O–H groups in total. The van der Waals surface area contributed by atoms with Crippen molar-refractivity contribution in [2.75, 3.05) is 27.9 Å². The van der Waals surface area contributed by atoms with Crippen molar-refractivity contribution in [1.82, 2.24) is 20.4 Å². The molecule has 0 saturated carbocycles. The number of halogens is 1. The number of esters is 1. The number of nitrogens with one attached hydrogen (secondary N) is 2. The van der Waals surface area contributed by atoms with Crippen LogP contribution in [-0.2, 0) is 19.1 Å². The maximum Gasteiger partial charge on any atom is 0.407 e. The van der Waals surface area contributed by atoms with Crippen LogP contribution in [0.2, 0.25) is 0 Å². The molecule has 1 heterocycles. The minimum Gasteiger partial charge on any atom is -0.496 e. The van der Waals surface area contributed by atoms with Crippen LogP contribution >= 0.6 is 0 Å². The quantitative estimate of drug-likeness (QED) is 0.234. The third-order valence-electron chi connectivity index (χ3n) is 6.04. The average molecular weight is 599 g/mol. The lowest BCUT2D eigenvalue weighted by Gasteiger charge is -2.21. The van der Waals surface area contributed by atoms with Gasteiger partial charge in [-0.3, -0.25) is 9.59 Å². The molecule has 230 valence electrons. The highest BCUT2D eigenvalue weighted by molar-refractivity contribution is 6.33. The Hall–Kier alpha value is -4.94. The highest BCUT2D eigenvalue weighted by Gasteiger charge is 2.26. The van der Waals surface area contributed by atoms with Gasteiger partial charge in [-0.1, -0.05) is 6.07 Å². The van der Waals surface area contributed by atoms with E-state index < -0.39 is 41.2 Å². The highest BCUT2D eigenvalue weighted by Crippen LogP contribution is 2.39. The number of nitrogens with zero attached hydrogens (tertiary/aromatic N) is 2. The second-order valence-corrected chi connectivity index (χ2v) is 10.3. The summed E-state index contributed by atoms with van der Waals surface area (Å²) in [5.41, 5.74) is 0.566. The Bertz CT molecular complexity index is 1440. The predicted molar refractivity (Wildman–Crippen MR) is 154 cm³/mol. The molecule has 0 unspecified atom stereocenters. The van der Waals surface area contributed by atoms with Crippen molar-refractivity contribution in [2.45, 2.75) is 45.3 Å². The molecule has 13 heteroatoms. The summed E-state index contributed by atoms with van der Waals surface area (Å²) in [7, 11) is 4.05.